The molecule has 0 aliphatic rings. The topological polar surface area (TPSA) is 59.8 Å². The number of nitrogens with one attached hydrogen (secondary N) is 1. The molecule has 2 rings (SSSR count). The van der Waals surface area contributed by atoms with E-state index in [1.807, 2.05) is 13.8 Å². The molecule has 0 spiro atoms. The van der Waals surface area contributed by atoms with Crippen molar-refractivity contribution in [3.63, 3.8) is 0 Å². The molecular formula is C15H18F2N4O. The minimum Gasteiger partial charge on any atom is -0.346 e. The Morgan fingerprint density at radius 2 is 2.09 bits per heavy atom. The van der Waals surface area contributed by atoms with Gasteiger partial charge in [-0.25, -0.2) is 13.8 Å². The first kappa shape index (κ1) is 16.1. The number of aromatic nitrogens is 3. The Bertz CT molecular complexity index is 669. The molecule has 2 aromatic rings. The lowest BCUT2D eigenvalue weighted by Gasteiger charge is -2.21. The maximum absolute atomic E-state index is 13.6. The highest BCUT2D eigenvalue weighted by Gasteiger charge is 2.23. The first-order chi connectivity index (χ1) is 10.4. The molecule has 7 heteroatoms. The van der Waals surface area contributed by atoms with Gasteiger partial charge in [-0.2, -0.15) is 5.10 Å². The van der Waals surface area contributed by atoms with Gasteiger partial charge >= 0.3 is 0 Å². The lowest BCUT2D eigenvalue weighted by atomic mass is 10.0. The van der Waals surface area contributed by atoms with E-state index >= 15 is 0 Å². The van der Waals surface area contributed by atoms with Crippen molar-refractivity contribution in [2.75, 3.05) is 0 Å². The van der Waals surface area contributed by atoms with Crippen molar-refractivity contribution >= 4 is 5.91 Å². The lowest BCUT2D eigenvalue weighted by Crippen LogP contribution is -2.34. The van der Waals surface area contributed by atoms with Crippen molar-refractivity contribution in [1.82, 2.24) is 20.1 Å². The molecule has 1 aromatic heterocycles. The second kappa shape index (κ2) is 6.64. The Morgan fingerprint density at radius 1 is 1.36 bits per heavy atom. The molecule has 0 unspecified atom stereocenters. The van der Waals surface area contributed by atoms with Crippen LogP contribution in [0.5, 0.6) is 0 Å². The molecule has 0 aliphatic carbocycles. The molecule has 118 valence electrons. The van der Waals surface area contributed by atoms with Crippen molar-refractivity contribution < 1.29 is 13.6 Å². The third-order valence-electron chi connectivity index (χ3n) is 3.39. The van der Waals surface area contributed by atoms with Gasteiger partial charge in [-0.1, -0.05) is 26.0 Å². The first-order valence-corrected chi connectivity index (χ1v) is 6.96. The maximum atomic E-state index is 13.6. The lowest BCUT2D eigenvalue weighted by molar-refractivity contribution is -0.121. The number of hydrogen-bond acceptors (Lipinski definition) is 3. The summed E-state index contributed by atoms with van der Waals surface area (Å²) in [6, 6.07) is 3.44. The number of halogens is 2. The highest BCUT2D eigenvalue weighted by molar-refractivity contribution is 5.79. The van der Waals surface area contributed by atoms with Gasteiger partial charge in [0.1, 0.15) is 12.2 Å². The van der Waals surface area contributed by atoms with E-state index in [4.69, 9.17) is 0 Å². The molecule has 1 amide bonds. The summed E-state index contributed by atoms with van der Waals surface area (Å²) in [6.45, 7) is 3.87. The maximum Gasteiger partial charge on any atom is 0.225 e. The fourth-order valence-electron chi connectivity index (χ4n) is 2.20. The molecule has 1 heterocycles. The van der Waals surface area contributed by atoms with E-state index in [0.717, 1.165) is 6.07 Å². The molecule has 0 radical (unpaired) electrons. The van der Waals surface area contributed by atoms with E-state index in [0.29, 0.717) is 5.82 Å². The van der Waals surface area contributed by atoms with Crippen LogP contribution in [0.4, 0.5) is 8.78 Å². The third-order valence-corrected chi connectivity index (χ3v) is 3.39. The van der Waals surface area contributed by atoms with Crippen molar-refractivity contribution in [2.45, 2.75) is 26.3 Å². The predicted molar refractivity (Wildman–Crippen MR) is 76.8 cm³/mol. The second-order valence-corrected chi connectivity index (χ2v) is 5.42. The summed E-state index contributed by atoms with van der Waals surface area (Å²) >= 11 is 0. The highest BCUT2D eigenvalue weighted by atomic mass is 19.2. The fraction of sp³-hybridized carbons (Fsp3) is 0.400. The summed E-state index contributed by atoms with van der Waals surface area (Å²) in [5.74, 6) is -1.66. The van der Waals surface area contributed by atoms with Gasteiger partial charge in [0.25, 0.3) is 0 Å². The molecule has 0 saturated carbocycles. The smallest absolute Gasteiger partial charge is 0.225 e. The molecule has 0 bridgehead atoms. The summed E-state index contributed by atoms with van der Waals surface area (Å²) in [6.07, 6.45) is 1.17. The van der Waals surface area contributed by atoms with Crippen molar-refractivity contribution in [3.05, 3.63) is 47.5 Å². The first-order valence-electron chi connectivity index (χ1n) is 6.96. The van der Waals surface area contributed by atoms with E-state index in [2.05, 4.69) is 15.4 Å². The minimum atomic E-state index is -0.989. The number of benzene rings is 1. The fourth-order valence-corrected chi connectivity index (χ4v) is 2.20. The number of carbonyl (C=O) groups is 1. The van der Waals surface area contributed by atoms with Crippen LogP contribution < -0.4 is 5.32 Å². The Morgan fingerprint density at radius 3 is 2.68 bits per heavy atom. The van der Waals surface area contributed by atoms with Crippen LogP contribution >= 0.6 is 0 Å². The summed E-state index contributed by atoms with van der Waals surface area (Å²) in [7, 11) is 1.73. The predicted octanol–water partition coefficient (Wildman–Crippen LogP) is 2.15. The Labute approximate surface area is 127 Å². The molecule has 1 N–H and O–H groups in total. The van der Waals surface area contributed by atoms with Gasteiger partial charge in [0, 0.05) is 12.6 Å². The van der Waals surface area contributed by atoms with Crippen LogP contribution in [0.1, 0.15) is 31.3 Å². The van der Waals surface area contributed by atoms with E-state index in [1.165, 1.54) is 18.5 Å². The van der Waals surface area contributed by atoms with Gasteiger partial charge in [0.2, 0.25) is 5.91 Å². The van der Waals surface area contributed by atoms with Crippen molar-refractivity contribution in [2.24, 2.45) is 13.0 Å². The zero-order chi connectivity index (χ0) is 16.3. The monoisotopic (exact) mass is 308 g/mol. The number of amides is 1. The number of nitrogens with zero attached hydrogens (tertiary/aromatic N) is 3. The van der Waals surface area contributed by atoms with Gasteiger partial charge in [-0.05, 0) is 12.0 Å². The summed E-state index contributed by atoms with van der Waals surface area (Å²) in [4.78, 5) is 16.3. The average Bonchev–Trinajstić information content (AvgIpc) is 2.87. The van der Waals surface area contributed by atoms with E-state index in [1.54, 1.807) is 11.7 Å². The van der Waals surface area contributed by atoms with Crippen LogP contribution in [0.15, 0.2) is 24.5 Å². The molecule has 0 saturated heterocycles. The third kappa shape index (κ3) is 3.47. The molecule has 1 aromatic carbocycles. The van der Waals surface area contributed by atoms with Crippen LogP contribution in [0, 0.1) is 17.6 Å². The highest BCUT2D eigenvalue weighted by Crippen LogP contribution is 2.19. The van der Waals surface area contributed by atoms with Crippen molar-refractivity contribution in [1.29, 1.82) is 0 Å². The minimum absolute atomic E-state index is 0.0259. The number of aryl methyl sites for hydroxylation is 1. The standard InChI is InChI=1S/C15H18F2N4O/c1-9(2)14(15-18-8-19-21(15)3)20-12(22)7-10-5-4-6-11(16)13(10)17/h4-6,8-9,14H,7H2,1-3H3,(H,20,22)/t14-/m1/s1. The van der Waals surface area contributed by atoms with E-state index in [-0.39, 0.29) is 23.9 Å². The van der Waals surface area contributed by atoms with Gasteiger partial charge in [0.15, 0.2) is 11.6 Å². The van der Waals surface area contributed by atoms with Gasteiger partial charge in [0.05, 0.1) is 12.5 Å². The van der Waals surface area contributed by atoms with Gasteiger partial charge in [-0.3, -0.25) is 9.48 Å². The van der Waals surface area contributed by atoms with Gasteiger partial charge in [-0.15, -0.1) is 0 Å². The molecular weight excluding hydrogens is 290 g/mol. The molecule has 0 aliphatic heterocycles. The number of carbonyl (C=O) groups excluding carboxylic acids is 1. The number of rotatable bonds is 5. The van der Waals surface area contributed by atoms with Crippen LogP contribution in [-0.4, -0.2) is 20.7 Å². The Balaban J connectivity index is 2.12. The zero-order valence-corrected chi connectivity index (χ0v) is 12.7. The quantitative estimate of drug-likeness (QED) is 0.920. The molecule has 5 nitrogen and oxygen atoms in total. The van der Waals surface area contributed by atoms with Crippen LogP contribution in [0.2, 0.25) is 0 Å². The Hall–Kier alpha value is -2.31. The average molecular weight is 308 g/mol. The summed E-state index contributed by atoms with van der Waals surface area (Å²) < 4.78 is 28.4. The van der Waals surface area contributed by atoms with Crippen LogP contribution in [0.25, 0.3) is 0 Å². The van der Waals surface area contributed by atoms with Gasteiger partial charge < -0.3 is 5.32 Å². The summed E-state index contributed by atoms with van der Waals surface area (Å²) in [5, 5.41) is 6.79. The largest absolute Gasteiger partial charge is 0.346 e. The van der Waals surface area contributed by atoms with Crippen LogP contribution in [-0.2, 0) is 18.3 Å². The van der Waals surface area contributed by atoms with Crippen molar-refractivity contribution in [3.8, 4) is 0 Å². The number of hydrogen-bond donors (Lipinski definition) is 1. The normalized spacial score (nSPS) is 12.5. The second-order valence-electron chi connectivity index (χ2n) is 5.42. The molecule has 22 heavy (non-hydrogen) atoms. The zero-order valence-electron chi connectivity index (χ0n) is 12.7. The van der Waals surface area contributed by atoms with Crippen LogP contribution in [0.3, 0.4) is 0 Å². The molecule has 0 fully saturated rings. The van der Waals surface area contributed by atoms with E-state index in [9.17, 15) is 13.6 Å². The Kier molecular flexibility index (Phi) is 4.85. The molecule has 1 atom stereocenters. The SMILES string of the molecule is CC(C)[C@@H](NC(=O)Cc1cccc(F)c1F)c1ncnn1C. The van der Waals surface area contributed by atoms with E-state index < -0.39 is 17.5 Å². The summed E-state index contributed by atoms with van der Waals surface area (Å²) in [5.41, 5.74) is 0.0259.